The Morgan fingerprint density at radius 2 is 1.12 bits per heavy atom. The van der Waals surface area contributed by atoms with Crippen molar-refractivity contribution >= 4 is 23.4 Å². The molecule has 1 aliphatic rings. The van der Waals surface area contributed by atoms with E-state index in [1.165, 1.54) is 24.3 Å². The molecule has 3 nitrogen and oxygen atoms in total. The Bertz CT molecular complexity index is 759. The van der Waals surface area contributed by atoms with Crippen LogP contribution in [0.15, 0.2) is 91.0 Å². The molecule has 0 N–H and O–H groups in total. The number of rotatable bonds is 3. The van der Waals surface area contributed by atoms with E-state index in [1.807, 2.05) is 66.7 Å². The lowest BCUT2D eigenvalue weighted by atomic mass is 10.1. The molecule has 0 aliphatic heterocycles. The summed E-state index contributed by atoms with van der Waals surface area (Å²) < 4.78 is 0. The highest BCUT2D eigenvalue weighted by Gasteiger charge is 1.99. The number of carbonyl (C=O) groups is 3. The summed E-state index contributed by atoms with van der Waals surface area (Å²) in [7, 11) is 0. The Morgan fingerprint density at radius 1 is 0.667 bits per heavy atom. The van der Waals surface area contributed by atoms with Crippen LogP contribution in [0.2, 0.25) is 0 Å². The minimum absolute atomic E-state index is 0.0319. The van der Waals surface area contributed by atoms with Crippen molar-refractivity contribution in [3.8, 4) is 0 Å². The second-order valence-electron chi connectivity index (χ2n) is 4.95. The highest BCUT2D eigenvalue weighted by Crippen LogP contribution is 2.05. The molecule has 24 heavy (non-hydrogen) atoms. The maximum atomic E-state index is 11.7. The third-order valence-corrected chi connectivity index (χ3v) is 3.11. The fraction of sp³-hybridized carbons (Fsp3) is 0. The molecule has 2 aromatic carbocycles. The van der Waals surface area contributed by atoms with E-state index in [-0.39, 0.29) is 17.3 Å². The van der Waals surface area contributed by atoms with Crippen molar-refractivity contribution in [2.24, 2.45) is 0 Å². The van der Waals surface area contributed by atoms with Crippen molar-refractivity contribution in [1.29, 1.82) is 0 Å². The van der Waals surface area contributed by atoms with Gasteiger partial charge in [0.25, 0.3) is 0 Å². The zero-order chi connectivity index (χ0) is 17.2. The van der Waals surface area contributed by atoms with Gasteiger partial charge in [0.15, 0.2) is 17.3 Å². The van der Waals surface area contributed by atoms with Crippen molar-refractivity contribution in [2.75, 3.05) is 0 Å². The van der Waals surface area contributed by atoms with E-state index in [9.17, 15) is 14.4 Å². The van der Waals surface area contributed by atoms with Crippen molar-refractivity contribution in [1.82, 2.24) is 0 Å². The van der Waals surface area contributed by atoms with E-state index >= 15 is 0 Å². The molecule has 0 bridgehead atoms. The predicted octanol–water partition coefficient (Wildman–Crippen LogP) is 3.83. The fourth-order valence-electron chi connectivity index (χ4n) is 1.87. The molecule has 0 atom stereocenters. The average molecular weight is 316 g/mol. The van der Waals surface area contributed by atoms with Crippen molar-refractivity contribution in [3.63, 3.8) is 0 Å². The van der Waals surface area contributed by atoms with Gasteiger partial charge in [-0.15, -0.1) is 0 Å². The quantitative estimate of drug-likeness (QED) is 0.491. The van der Waals surface area contributed by atoms with E-state index in [1.54, 1.807) is 6.08 Å². The number of benzene rings is 2. The summed E-state index contributed by atoms with van der Waals surface area (Å²) in [6, 6.07) is 19.1. The van der Waals surface area contributed by atoms with Crippen LogP contribution in [-0.2, 0) is 9.59 Å². The summed E-state index contributed by atoms with van der Waals surface area (Å²) in [4.78, 5) is 32.3. The van der Waals surface area contributed by atoms with Gasteiger partial charge in [0.1, 0.15) is 0 Å². The third kappa shape index (κ3) is 5.81. The molecule has 2 aromatic rings. The number of hydrogen-bond donors (Lipinski definition) is 0. The highest BCUT2D eigenvalue weighted by atomic mass is 16.1. The molecule has 0 unspecified atom stereocenters. The number of carbonyl (C=O) groups excluding carboxylic acids is 3. The second kappa shape index (κ2) is 8.96. The lowest BCUT2D eigenvalue weighted by molar-refractivity contribution is -0.113. The van der Waals surface area contributed by atoms with Crippen LogP contribution in [0, 0.1) is 0 Å². The highest BCUT2D eigenvalue weighted by molar-refractivity contribution is 6.14. The summed E-state index contributed by atoms with van der Waals surface area (Å²) in [5, 5.41) is 0. The first-order valence-corrected chi connectivity index (χ1v) is 7.42. The molecule has 3 rings (SSSR count). The largest absolute Gasteiger partial charge is 0.290 e. The van der Waals surface area contributed by atoms with Gasteiger partial charge in [-0.25, -0.2) is 0 Å². The molecule has 3 heteroatoms. The molecule has 0 spiro atoms. The fourth-order valence-corrected chi connectivity index (χ4v) is 1.87. The maximum Gasteiger partial charge on any atom is 0.185 e. The van der Waals surface area contributed by atoms with Gasteiger partial charge in [0.2, 0.25) is 0 Å². The summed E-state index contributed by atoms with van der Waals surface area (Å²) in [6.07, 6.45) is 8.44. The first-order valence-electron chi connectivity index (χ1n) is 7.42. The predicted molar refractivity (Wildman–Crippen MR) is 94.5 cm³/mol. The van der Waals surface area contributed by atoms with E-state index in [0.29, 0.717) is 0 Å². The van der Waals surface area contributed by atoms with Crippen molar-refractivity contribution in [2.45, 2.75) is 0 Å². The zero-order valence-corrected chi connectivity index (χ0v) is 13.0. The van der Waals surface area contributed by atoms with Gasteiger partial charge >= 0.3 is 0 Å². The molecule has 0 aromatic heterocycles. The molecule has 118 valence electrons. The standard InChI is InChI=1S/C15H12O.C6H4O2/c16-15(14-9-5-2-6-10-14)12-11-13-7-3-1-4-8-13;7-5-1-2-6(8)4-3-5/h1-12H;1-4H/b12-11+;. The van der Waals surface area contributed by atoms with E-state index in [0.717, 1.165) is 11.1 Å². The normalized spacial score (nSPS) is 12.8. The van der Waals surface area contributed by atoms with E-state index in [2.05, 4.69) is 0 Å². The zero-order valence-electron chi connectivity index (χ0n) is 13.0. The smallest absolute Gasteiger partial charge is 0.185 e. The molecule has 1 aliphatic carbocycles. The number of allylic oxidation sites excluding steroid dienone is 5. The van der Waals surface area contributed by atoms with Gasteiger partial charge in [-0.1, -0.05) is 66.7 Å². The van der Waals surface area contributed by atoms with Crippen LogP contribution in [0.3, 0.4) is 0 Å². The van der Waals surface area contributed by atoms with Gasteiger partial charge in [-0.2, -0.15) is 0 Å². The van der Waals surface area contributed by atoms with Gasteiger partial charge in [0.05, 0.1) is 0 Å². The SMILES string of the molecule is O=C(/C=C/c1ccccc1)c1ccccc1.O=C1C=CC(=O)C=C1. The Labute approximate surface area is 140 Å². The van der Waals surface area contributed by atoms with E-state index in [4.69, 9.17) is 0 Å². The second-order valence-corrected chi connectivity index (χ2v) is 4.95. The molecular weight excluding hydrogens is 300 g/mol. The topological polar surface area (TPSA) is 51.2 Å². The van der Waals surface area contributed by atoms with Crippen LogP contribution in [0.1, 0.15) is 15.9 Å². The number of ketones is 3. The summed E-state index contributed by atoms with van der Waals surface area (Å²) in [5.41, 5.74) is 1.75. The van der Waals surface area contributed by atoms with Gasteiger partial charge in [-0.05, 0) is 35.9 Å². The first kappa shape index (κ1) is 17.0. The molecule has 0 radical (unpaired) electrons. The molecular formula is C21H16O3. The lowest BCUT2D eigenvalue weighted by Gasteiger charge is -1.94. The average Bonchev–Trinajstić information content (AvgIpc) is 2.64. The van der Waals surface area contributed by atoms with Crippen LogP contribution in [0.25, 0.3) is 6.08 Å². The first-order chi connectivity index (χ1) is 11.6. The lowest BCUT2D eigenvalue weighted by Crippen LogP contribution is -1.97. The summed E-state index contributed by atoms with van der Waals surface area (Å²) in [5.74, 6) is -0.210. The van der Waals surface area contributed by atoms with Crippen LogP contribution in [0.5, 0.6) is 0 Å². The van der Waals surface area contributed by atoms with Gasteiger partial charge < -0.3 is 0 Å². The number of hydrogen-bond acceptors (Lipinski definition) is 3. The molecule has 0 fully saturated rings. The minimum Gasteiger partial charge on any atom is -0.290 e. The maximum absolute atomic E-state index is 11.7. The van der Waals surface area contributed by atoms with Gasteiger partial charge in [-0.3, -0.25) is 14.4 Å². The van der Waals surface area contributed by atoms with E-state index < -0.39 is 0 Å². The van der Waals surface area contributed by atoms with Crippen LogP contribution >= 0.6 is 0 Å². The third-order valence-electron chi connectivity index (χ3n) is 3.11. The molecule has 0 heterocycles. The molecule has 0 saturated heterocycles. The minimum atomic E-state index is -0.121. The summed E-state index contributed by atoms with van der Waals surface area (Å²) >= 11 is 0. The van der Waals surface area contributed by atoms with Crippen LogP contribution in [0.4, 0.5) is 0 Å². The van der Waals surface area contributed by atoms with Crippen molar-refractivity contribution < 1.29 is 14.4 Å². The Hall–Kier alpha value is -3.33. The Balaban J connectivity index is 0.000000219. The molecule has 0 amide bonds. The molecule has 0 saturated carbocycles. The van der Waals surface area contributed by atoms with Crippen LogP contribution in [-0.4, -0.2) is 17.3 Å². The monoisotopic (exact) mass is 316 g/mol. The Morgan fingerprint density at radius 3 is 1.62 bits per heavy atom. The van der Waals surface area contributed by atoms with Crippen molar-refractivity contribution in [3.05, 3.63) is 102 Å². The van der Waals surface area contributed by atoms with Gasteiger partial charge in [0, 0.05) is 5.56 Å². The van der Waals surface area contributed by atoms with Crippen LogP contribution < -0.4 is 0 Å². The summed E-state index contributed by atoms with van der Waals surface area (Å²) in [6.45, 7) is 0. The Kier molecular flexibility index (Phi) is 6.35.